The highest BCUT2D eigenvalue weighted by Gasteiger charge is 2.25. The first-order chi connectivity index (χ1) is 10.8. The molecule has 1 atom stereocenters. The smallest absolute Gasteiger partial charge is 0.144 e. The second-order valence-electron chi connectivity index (χ2n) is 5.90. The minimum absolute atomic E-state index is 0.120. The van der Waals surface area contributed by atoms with Crippen LogP contribution >= 0.6 is 0 Å². The molecule has 1 unspecified atom stereocenters. The molecule has 2 rings (SSSR count). The zero-order valence-corrected chi connectivity index (χ0v) is 13.9. The summed E-state index contributed by atoms with van der Waals surface area (Å²) in [5.41, 5.74) is 0.939. The van der Waals surface area contributed by atoms with Gasteiger partial charge in [-0.15, -0.1) is 0 Å². The average molecular weight is 337 g/mol. The first kappa shape index (κ1) is 17.5. The summed E-state index contributed by atoms with van der Waals surface area (Å²) < 4.78 is 43.1. The summed E-state index contributed by atoms with van der Waals surface area (Å²) >= 11 is -1.41. The first-order valence-electron chi connectivity index (χ1n) is 6.97. The van der Waals surface area contributed by atoms with Crippen LogP contribution in [0.2, 0.25) is 0 Å². The third-order valence-corrected chi connectivity index (χ3v) is 4.40. The predicted octanol–water partition coefficient (Wildman–Crippen LogP) is 3.50. The maximum Gasteiger partial charge on any atom is 0.144 e. The molecule has 0 spiro atoms. The van der Waals surface area contributed by atoms with E-state index in [2.05, 4.69) is 14.4 Å². The molecule has 0 radical (unpaired) electrons. The number of rotatable bonds is 4. The quantitative estimate of drug-likeness (QED) is 0.634. The van der Waals surface area contributed by atoms with Crippen LogP contribution in [0, 0.1) is 11.6 Å². The van der Waals surface area contributed by atoms with Crippen LogP contribution in [0.15, 0.2) is 35.3 Å². The van der Waals surface area contributed by atoms with Crippen LogP contribution in [-0.2, 0) is 17.8 Å². The SMILES string of the molecule is CC(C)(C)[S+]([O-])N=CCc1cc(-c2cncnc2)c(F)cc1F. The number of aromatic nitrogens is 2. The van der Waals surface area contributed by atoms with E-state index in [1.54, 1.807) is 20.8 Å². The lowest BCUT2D eigenvalue weighted by molar-refractivity contribution is 0.561. The lowest BCUT2D eigenvalue weighted by atomic mass is 10.0. The van der Waals surface area contributed by atoms with Crippen LogP contribution in [0.4, 0.5) is 8.78 Å². The molecule has 1 aromatic heterocycles. The first-order valence-corrected chi connectivity index (χ1v) is 8.07. The van der Waals surface area contributed by atoms with Gasteiger partial charge in [-0.2, -0.15) is 0 Å². The zero-order chi connectivity index (χ0) is 17.0. The third-order valence-electron chi connectivity index (χ3n) is 3.01. The molecule has 4 nitrogen and oxygen atoms in total. The summed E-state index contributed by atoms with van der Waals surface area (Å²) in [6.45, 7) is 5.39. The molecule has 0 aliphatic heterocycles. The Morgan fingerprint density at radius 3 is 2.43 bits per heavy atom. The highest BCUT2D eigenvalue weighted by Crippen LogP contribution is 2.25. The van der Waals surface area contributed by atoms with E-state index in [1.807, 2.05) is 0 Å². The third kappa shape index (κ3) is 4.56. The second kappa shape index (κ2) is 7.14. The van der Waals surface area contributed by atoms with Gasteiger partial charge in [0.2, 0.25) is 0 Å². The number of nitrogens with zero attached hydrogens (tertiary/aromatic N) is 3. The van der Waals surface area contributed by atoms with E-state index in [-0.39, 0.29) is 17.5 Å². The van der Waals surface area contributed by atoms with Crippen molar-refractivity contribution in [1.29, 1.82) is 0 Å². The Morgan fingerprint density at radius 1 is 1.17 bits per heavy atom. The summed E-state index contributed by atoms with van der Waals surface area (Å²) in [6, 6.07) is 2.22. The van der Waals surface area contributed by atoms with Crippen molar-refractivity contribution < 1.29 is 13.3 Å². The largest absolute Gasteiger partial charge is 0.591 e. The zero-order valence-electron chi connectivity index (χ0n) is 13.1. The summed E-state index contributed by atoms with van der Waals surface area (Å²) in [5.74, 6) is -1.35. The van der Waals surface area contributed by atoms with Gasteiger partial charge in [0.25, 0.3) is 0 Å². The molecule has 2 aromatic rings. The predicted molar refractivity (Wildman–Crippen MR) is 87.5 cm³/mol. The van der Waals surface area contributed by atoms with Gasteiger partial charge in [-0.25, -0.2) is 18.7 Å². The monoisotopic (exact) mass is 337 g/mol. The molecular formula is C16H17F2N3OS. The minimum Gasteiger partial charge on any atom is -0.591 e. The summed E-state index contributed by atoms with van der Waals surface area (Å²) in [6.07, 6.45) is 5.75. The van der Waals surface area contributed by atoms with Crippen molar-refractivity contribution in [2.45, 2.75) is 31.9 Å². The van der Waals surface area contributed by atoms with Crippen molar-refractivity contribution in [2.75, 3.05) is 0 Å². The van der Waals surface area contributed by atoms with E-state index in [4.69, 9.17) is 0 Å². The van der Waals surface area contributed by atoms with Crippen molar-refractivity contribution in [3.63, 3.8) is 0 Å². The topological polar surface area (TPSA) is 61.2 Å². The van der Waals surface area contributed by atoms with Gasteiger partial charge in [-0.05, 0) is 32.4 Å². The van der Waals surface area contributed by atoms with Gasteiger partial charge in [-0.1, -0.05) is 4.40 Å². The summed E-state index contributed by atoms with van der Waals surface area (Å²) in [7, 11) is 0. The Morgan fingerprint density at radius 2 is 1.83 bits per heavy atom. The van der Waals surface area contributed by atoms with Gasteiger partial charge in [0, 0.05) is 36.0 Å². The van der Waals surface area contributed by atoms with Crippen molar-refractivity contribution >= 4 is 17.6 Å². The van der Waals surface area contributed by atoms with Crippen LogP contribution in [0.1, 0.15) is 26.3 Å². The van der Waals surface area contributed by atoms with E-state index >= 15 is 0 Å². The van der Waals surface area contributed by atoms with Crippen LogP contribution in [0.5, 0.6) is 0 Å². The molecule has 122 valence electrons. The van der Waals surface area contributed by atoms with E-state index in [0.29, 0.717) is 5.56 Å². The van der Waals surface area contributed by atoms with E-state index < -0.39 is 27.7 Å². The second-order valence-corrected chi connectivity index (χ2v) is 7.84. The molecule has 0 aliphatic carbocycles. The number of halogens is 2. The van der Waals surface area contributed by atoms with Gasteiger partial charge >= 0.3 is 0 Å². The van der Waals surface area contributed by atoms with Crippen molar-refractivity contribution in [3.05, 3.63) is 48.1 Å². The van der Waals surface area contributed by atoms with Gasteiger partial charge in [0.1, 0.15) is 34.1 Å². The van der Waals surface area contributed by atoms with E-state index in [9.17, 15) is 13.3 Å². The Labute approximate surface area is 137 Å². The molecule has 1 heterocycles. The van der Waals surface area contributed by atoms with Gasteiger partial charge in [-0.3, -0.25) is 0 Å². The number of hydrogen-bond donors (Lipinski definition) is 0. The minimum atomic E-state index is -1.41. The molecule has 0 saturated carbocycles. The van der Waals surface area contributed by atoms with Gasteiger partial charge in [0.15, 0.2) is 0 Å². The average Bonchev–Trinajstić information content (AvgIpc) is 2.49. The Balaban J connectivity index is 2.25. The van der Waals surface area contributed by atoms with E-state index in [1.165, 1.54) is 31.0 Å². The van der Waals surface area contributed by atoms with Crippen molar-refractivity contribution in [1.82, 2.24) is 9.97 Å². The van der Waals surface area contributed by atoms with Crippen LogP contribution in [0.3, 0.4) is 0 Å². The van der Waals surface area contributed by atoms with E-state index in [0.717, 1.165) is 6.07 Å². The normalized spacial score (nSPS) is 13.5. The molecule has 0 aliphatic rings. The molecule has 7 heteroatoms. The van der Waals surface area contributed by atoms with Gasteiger partial charge in [0.05, 0.1) is 6.21 Å². The highest BCUT2D eigenvalue weighted by molar-refractivity contribution is 7.91. The molecule has 0 amide bonds. The Hall–Kier alpha value is -1.86. The fourth-order valence-electron chi connectivity index (χ4n) is 1.77. The molecule has 23 heavy (non-hydrogen) atoms. The number of hydrogen-bond acceptors (Lipinski definition) is 4. The number of benzene rings is 1. The summed E-state index contributed by atoms with van der Waals surface area (Å²) in [4.78, 5) is 7.66. The summed E-state index contributed by atoms with van der Waals surface area (Å²) in [5, 5.41) is 0. The highest BCUT2D eigenvalue weighted by atomic mass is 32.2. The fraction of sp³-hybridized carbons (Fsp3) is 0.312. The molecular weight excluding hydrogens is 320 g/mol. The van der Waals surface area contributed by atoms with Crippen LogP contribution in [-0.4, -0.2) is 25.5 Å². The standard InChI is InChI=1S/C16H17F2N3OS/c1-16(2,3)23(22)21-5-4-11-6-13(15(18)7-14(11)17)12-8-19-10-20-9-12/h5-10H,4H2,1-3H3. The lowest BCUT2D eigenvalue weighted by Gasteiger charge is -2.17. The Bertz CT molecular complexity index is 702. The molecule has 0 saturated heterocycles. The van der Waals surface area contributed by atoms with Crippen LogP contribution in [0.25, 0.3) is 11.1 Å². The Kier molecular flexibility index (Phi) is 5.43. The van der Waals surface area contributed by atoms with Gasteiger partial charge < -0.3 is 4.55 Å². The molecule has 0 N–H and O–H groups in total. The fourth-order valence-corrected chi connectivity index (χ4v) is 2.30. The maximum absolute atomic E-state index is 13.9. The molecule has 0 bridgehead atoms. The molecule has 1 aromatic carbocycles. The maximum atomic E-state index is 13.9. The van der Waals surface area contributed by atoms with Crippen LogP contribution < -0.4 is 0 Å². The lowest BCUT2D eigenvalue weighted by Crippen LogP contribution is -2.25. The van der Waals surface area contributed by atoms with Crippen molar-refractivity contribution in [3.8, 4) is 11.1 Å². The van der Waals surface area contributed by atoms with Crippen molar-refractivity contribution in [2.24, 2.45) is 4.40 Å². The molecule has 0 fully saturated rings.